The molecule has 0 aliphatic rings. The van der Waals surface area contributed by atoms with Gasteiger partial charge in [0.15, 0.2) is 6.61 Å². The van der Waals surface area contributed by atoms with Crippen molar-refractivity contribution in [2.24, 2.45) is 0 Å². The first-order valence-corrected chi connectivity index (χ1v) is 11.2. The topological polar surface area (TPSA) is 58.6 Å². The molecule has 1 unspecified atom stereocenters. The molecule has 0 heterocycles. The monoisotopic (exact) mass is 444 g/mol. The number of nitrogens with zero attached hydrogens (tertiary/aromatic N) is 1. The van der Waals surface area contributed by atoms with E-state index in [1.807, 2.05) is 51.1 Å². The van der Waals surface area contributed by atoms with Crippen LogP contribution in [0.5, 0.6) is 5.75 Å². The lowest BCUT2D eigenvalue weighted by molar-refractivity contribution is -0.143. The summed E-state index contributed by atoms with van der Waals surface area (Å²) in [5.41, 5.74) is 3.17. The molecule has 2 aromatic carbocycles. The third-order valence-corrected chi connectivity index (χ3v) is 5.57. The van der Waals surface area contributed by atoms with E-state index in [4.69, 9.17) is 16.3 Å². The molecule has 5 nitrogen and oxygen atoms in total. The molecule has 2 amide bonds. The molecule has 0 saturated heterocycles. The van der Waals surface area contributed by atoms with Crippen LogP contribution in [0.2, 0.25) is 5.02 Å². The van der Waals surface area contributed by atoms with Crippen LogP contribution in [0.25, 0.3) is 0 Å². The molecular formula is C25H33ClN2O3. The van der Waals surface area contributed by atoms with Crippen molar-refractivity contribution in [2.75, 3.05) is 13.2 Å². The van der Waals surface area contributed by atoms with Gasteiger partial charge in [0.2, 0.25) is 5.91 Å². The lowest BCUT2D eigenvalue weighted by Gasteiger charge is -2.30. The van der Waals surface area contributed by atoms with E-state index in [2.05, 4.69) is 12.2 Å². The van der Waals surface area contributed by atoms with Crippen molar-refractivity contribution in [3.05, 3.63) is 64.2 Å². The number of unbranched alkanes of at least 4 members (excludes halogenated alkanes) is 1. The van der Waals surface area contributed by atoms with E-state index in [-0.39, 0.29) is 18.4 Å². The van der Waals surface area contributed by atoms with Crippen LogP contribution >= 0.6 is 11.6 Å². The van der Waals surface area contributed by atoms with Crippen LogP contribution in [0.4, 0.5) is 0 Å². The minimum atomic E-state index is -0.566. The minimum Gasteiger partial charge on any atom is -0.484 e. The Morgan fingerprint density at radius 1 is 1.06 bits per heavy atom. The number of hydrogen-bond acceptors (Lipinski definition) is 3. The highest BCUT2D eigenvalue weighted by atomic mass is 35.5. The molecule has 0 aliphatic heterocycles. The number of ether oxygens (including phenoxy) is 1. The fourth-order valence-electron chi connectivity index (χ4n) is 3.24. The van der Waals surface area contributed by atoms with Crippen molar-refractivity contribution < 1.29 is 14.3 Å². The summed E-state index contributed by atoms with van der Waals surface area (Å²) in [5.74, 6) is 0.276. The molecule has 2 aromatic rings. The summed E-state index contributed by atoms with van der Waals surface area (Å²) in [6.45, 7) is 8.81. The van der Waals surface area contributed by atoms with Gasteiger partial charge in [-0.1, -0.05) is 50.1 Å². The van der Waals surface area contributed by atoms with Crippen LogP contribution in [0, 0.1) is 13.8 Å². The normalized spacial score (nSPS) is 11.6. The van der Waals surface area contributed by atoms with E-state index >= 15 is 0 Å². The first-order valence-electron chi connectivity index (χ1n) is 10.9. The molecule has 0 radical (unpaired) electrons. The SMILES string of the molecule is CCCCNC(=O)C(CC)N(Cc1ccc(Cl)cc1)C(=O)COc1ccc(C)c(C)c1. The van der Waals surface area contributed by atoms with Gasteiger partial charge in [-0.15, -0.1) is 0 Å². The maximum atomic E-state index is 13.2. The van der Waals surface area contributed by atoms with E-state index in [9.17, 15) is 9.59 Å². The Morgan fingerprint density at radius 2 is 1.77 bits per heavy atom. The summed E-state index contributed by atoms with van der Waals surface area (Å²) in [7, 11) is 0. The molecule has 0 saturated carbocycles. The van der Waals surface area contributed by atoms with Crippen LogP contribution in [0.1, 0.15) is 49.8 Å². The second-order valence-corrected chi connectivity index (χ2v) is 8.19. The van der Waals surface area contributed by atoms with E-state index in [0.29, 0.717) is 30.3 Å². The van der Waals surface area contributed by atoms with Crippen LogP contribution in [0.3, 0.4) is 0 Å². The number of nitrogens with one attached hydrogen (secondary N) is 1. The number of rotatable bonds is 11. The van der Waals surface area contributed by atoms with Gasteiger partial charge >= 0.3 is 0 Å². The predicted octanol–water partition coefficient (Wildman–Crippen LogP) is 5.06. The first kappa shape index (κ1) is 24.7. The molecule has 2 rings (SSSR count). The van der Waals surface area contributed by atoms with Crippen LogP contribution in [-0.2, 0) is 16.1 Å². The first-order chi connectivity index (χ1) is 14.8. The largest absolute Gasteiger partial charge is 0.484 e. The lowest BCUT2D eigenvalue weighted by atomic mass is 10.1. The van der Waals surface area contributed by atoms with Crippen molar-refractivity contribution in [1.29, 1.82) is 0 Å². The van der Waals surface area contributed by atoms with Gasteiger partial charge < -0.3 is 15.0 Å². The van der Waals surface area contributed by atoms with Crippen molar-refractivity contribution in [1.82, 2.24) is 10.2 Å². The summed E-state index contributed by atoms with van der Waals surface area (Å²) < 4.78 is 5.77. The van der Waals surface area contributed by atoms with E-state index in [1.54, 1.807) is 17.0 Å². The fraction of sp³-hybridized carbons (Fsp3) is 0.440. The number of carbonyl (C=O) groups is 2. The van der Waals surface area contributed by atoms with Gasteiger partial charge in [-0.2, -0.15) is 0 Å². The number of amides is 2. The Bertz CT molecular complexity index is 868. The van der Waals surface area contributed by atoms with Gasteiger partial charge in [0.05, 0.1) is 0 Å². The Kier molecular flexibility index (Phi) is 9.86. The maximum Gasteiger partial charge on any atom is 0.261 e. The van der Waals surface area contributed by atoms with Gasteiger partial charge in [0.25, 0.3) is 5.91 Å². The second-order valence-electron chi connectivity index (χ2n) is 7.75. The van der Waals surface area contributed by atoms with E-state index in [1.165, 1.54) is 0 Å². The number of hydrogen-bond donors (Lipinski definition) is 1. The molecule has 1 atom stereocenters. The molecular weight excluding hydrogens is 412 g/mol. The molecule has 6 heteroatoms. The summed E-state index contributed by atoms with van der Waals surface area (Å²) in [6.07, 6.45) is 2.42. The average Bonchev–Trinajstić information content (AvgIpc) is 2.75. The third kappa shape index (κ3) is 7.59. The number of carbonyl (C=O) groups excluding carboxylic acids is 2. The molecule has 0 spiro atoms. The van der Waals surface area contributed by atoms with Gasteiger partial charge in [-0.3, -0.25) is 9.59 Å². The summed E-state index contributed by atoms with van der Waals surface area (Å²) in [4.78, 5) is 27.6. The zero-order chi connectivity index (χ0) is 22.8. The van der Waals surface area contributed by atoms with Crippen molar-refractivity contribution >= 4 is 23.4 Å². The molecule has 0 aliphatic carbocycles. The minimum absolute atomic E-state index is 0.130. The Balaban J connectivity index is 2.17. The third-order valence-electron chi connectivity index (χ3n) is 5.32. The van der Waals surface area contributed by atoms with Gasteiger partial charge in [0.1, 0.15) is 11.8 Å². The summed E-state index contributed by atoms with van der Waals surface area (Å²) in [6, 6.07) is 12.5. The standard InChI is InChI=1S/C25H33ClN2O3/c1-5-7-14-27-25(30)23(6-2)28(16-20-9-11-21(26)12-10-20)24(29)17-31-22-13-8-18(3)19(4)15-22/h8-13,15,23H,5-7,14,16-17H2,1-4H3,(H,27,30). The molecule has 0 bridgehead atoms. The molecule has 0 fully saturated rings. The number of aryl methyl sites for hydroxylation is 2. The van der Waals surface area contributed by atoms with E-state index < -0.39 is 6.04 Å². The smallest absolute Gasteiger partial charge is 0.261 e. The molecule has 1 N–H and O–H groups in total. The second kappa shape index (κ2) is 12.4. The lowest BCUT2D eigenvalue weighted by Crippen LogP contribution is -2.50. The van der Waals surface area contributed by atoms with Gasteiger partial charge in [-0.25, -0.2) is 0 Å². The zero-order valence-electron chi connectivity index (χ0n) is 18.9. The fourth-order valence-corrected chi connectivity index (χ4v) is 3.37. The van der Waals surface area contributed by atoms with Gasteiger partial charge in [0, 0.05) is 18.1 Å². The maximum absolute atomic E-state index is 13.2. The summed E-state index contributed by atoms with van der Waals surface area (Å²) >= 11 is 6.00. The quantitative estimate of drug-likeness (QED) is 0.493. The molecule has 168 valence electrons. The Morgan fingerprint density at radius 3 is 2.39 bits per heavy atom. The van der Waals surface area contributed by atoms with Crippen molar-refractivity contribution in [3.63, 3.8) is 0 Å². The van der Waals surface area contributed by atoms with Gasteiger partial charge in [-0.05, 0) is 67.6 Å². The number of halogens is 1. The highest BCUT2D eigenvalue weighted by Gasteiger charge is 2.28. The molecule has 31 heavy (non-hydrogen) atoms. The van der Waals surface area contributed by atoms with Crippen LogP contribution in [0.15, 0.2) is 42.5 Å². The summed E-state index contributed by atoms with van der Waals surface area (Å²) in [5, 5.41) is 3.59. The van der Waals surface area contributed by atoms with Crippen LogP contribution in [-0.4, -0.2) is 35.9 Å². The molecule has 0 aromatic heterocycles. The van der Waals surface area contributed by atoms with Crippen LogP contribution < -0.4 is 10.1 Å². The number of benzene rings is 2. The Hall–Kier alpha value is -2.53. The Labute approximate surface area is 190 Å². The average molecular weight is 445 g/mol. The van der Waals surface area contributed by atoms with Crippen molar-refractivity contribution in [3.8, 4) is 5.75 Å². The van der Waals surface area contributed by atoms with Crippen molar-refractivity contribution in [2.45, 2.75) is 59.5 Å². The zero-order valence-corrected chi connectivity index (χ0v) is 19.7. The highest BCUT2D eigenvalue weighted by Crippen LogP contribution is 2.18. The predicted molar refractivity (Wildman–Crippen MR) is 125 cm³/mol. The van der Waals surface area contributed by atoms with E-state index in [0.717, 1.165) is 29.5 Å². The highest BCUT2D eigenvalue weighted by molar-refractivity contribution is 6.30.